The first-order valence-corrected chi connectivity index (χ1v) is 3.60. The number of para-hydroxylation sites is 1. The largest absolute Gasteiger partial charge is 0.461 e. The van der Waals surface area contributed by atoms with E-state index in [9.17, 15) is 0 Å². The highest BCUT2D eigenvalue weighted by atomic mass is 16.6. The predicted molar refractivity (Wildman–Crippen MR) is 47.6 cm³/mol. The maximum absolute atomic E-state index is 8.92. The van der Waals surface area contributed by atoms with Crippen LogP contribution in [-0.4, -0.2) is 11.4 Å². The van der Waals surface area contributed by atoms with Crippen LogP contribution in [0.3, 0.4) is 0 Å². The lowest BCUT2D eigenvalue weighted by molar-refractivity contribution is 0.000832. The molecule has 0 aliphatic heterocycles. The Balaban J connectivity index is 2.96. The van der Waals surface area contributed by atoms with Crippen LogP contribution in [0.15, 0.2) is 18.2 Å². The standard InChI is InChI=1S/C8H12N2O2/c1-5(11)12-8-6(9)3-2-4-7(8)10/h2-5,11H,9-10H2,1H3. The van der Waals surface area contributed by atoms with E-state index in [-0.39, 0.29) is 0 Å². The summed E-state index contributed by atoms with van der Waals surface area (Å²) in [6, 6.07) is 5.04. The van der Waals surface area contributed by atoms with E-state index in [1.807, 2.05) is 0 Å². The van der Waals surface area contributed by atoms with Crippen LogP contribution in [0.5, 0.6) is 5.75 Å². The molecule has 0 heterocycles. The van der Waals surface area contributed by atoms with Gasteiger partial charge < -0.3 is 21.3 Å². The van der Waals surface area contributed by atoms with Crippen LogP contribution < -0.4 is 16.2 Å². The zero-order valence-corrected chi connectivity index (χ0v) is 6.82. The summed E-state index contributed by atoms with van der Waals surface area (Å²) in [7, 11) is 0. The van der Waals surface area contributed by atoms with Crippen molar-refractivity contribution in [2.24, 2.45) is 0 Å². The summed E-state index contributed by atoms with van der Waals surface area (Å²) < 4.78 is 4.98. The molecule has 0 amide bonds. The Bertz CT molecular complexity index is 254. The van der Waals surface area contributed by atoms with E-state index in [1.54, 1.807) is 18.2 Å². The maximum Gasteiger partial charge on any atom is 0.194 e. The van der Waals surface area contributed by atoms with Crippen molar-refractivity contribution in [3.63, 3.8) is 0 Å². The molecule has 0 saturated heterocycles. The molecule has 0 radical (unpaired) electrons. The first kappa shape index (κ1) is 8.67. The number of hydrogen-bond donors (Lipinski definition) is 3. The SMILES string of the molecule is CC(O)Oc1c(N)cccc1N. The third-order valence-electron chi connectivity index (χ3n) is 1.36. The lowest BCUT2D eigenvalue weighted by Gasteiger charge is -2.12. The molecule has 5 N–H and O–H groups in total. The van der Waals surface area contributed by atoms with Gasteiger partial charge in [0.05, 0.1) is 11.4 Å². The Morgan fingerprint density at radius 3 is 2.25 bits per heavy atom. The Hall–Kier alpha value is -1.42. The van der Waals surface area contributed by atoms with Crippen molar-refractivity contribution in [1.82, 2.24) is 0 Å². The summed E-state index contributed by atoms with van der Waals surface area (Å²) in [4.78, 5) is 0. The smallest absolute Gasteiger partial charge is 0.194 e. The lowest BCUT2D eigenvalue weighted by Crippen LogP contribution is -2.12. The molecule has 0 spiro atoms. The summed E-state index contributed by atoms with van der Waals surface area (Å²) in [6.07, 6.45) is -0.906. The van der Waals surface area contributed by atoms with E-state index in [0.29, 0.717) is 17.1 Å². The first-order valence-electron chi connectivity index (χ1n) is 3.60. The summed E-state index contributed by atoms with van der Waals surface area (Å²) in [6.45, 7) is 1.49. The van der Waals surface area contributed by atoms with E-state index in [1.165, 1.54) is 6.92 Å². The van der Waals surface area contributed by atoms with Crippen LogP contribution in [0.4, 0.5) is 11.4 Å². The predicted octanol–water partition coefficient (Wildman–Crippen LogP) is 0.568. The molecule has 1 rings (SSSR count). The molecule has 0 aliphatic carbocycles. The highest BCUT2D eigenvalue weighted by molar-refractivity contribution is 5.66. The van der Waals surface area contributed by atoms with Gasteiger partial charge in [0.15, 0.2) is 12.0 Å². The summed E-state index contributed by atoms with van der Waals surface area (Å²) in [5.74, 6) is 0.340. The van der Waals surface area contributed by atoms with Gasteiger partial charge in [-0.05, 0) is 19.1 Å². The Morgan fingerprint density at radius 2 is 1.83 bits per heavy atom. The van der Waals surface area contributed by atoms with Crippen molar-refractivity contribution in [2.45, 2.75) is 13.2 Å². The number of aliphatic hydroxyl groups excluding tert-OH is 1. The number of rotatable bonds is 2. The second kappa shape index (κ2) is 3.32. The molecule has 0 aromatic heterocycles. The van der Waals surface area contributed by atoms with E-state index >= 15 is 0 Å². The van der Waals surface area contributed by atoms with Crippen LogP contribution in [0, 0.1) is 0 Å². The van der Waals surface area contributed by atoms with E-state index in [4.69, 9.17) is 21.3 Å². The van der Waals surface area contributed by atoms with Gasteiger partial charge in [-0.2, -0.15) is 0 Å². The number of nitrogens with two attached hydrogens (primary N) is 2. The second-order valence-corrected chi connectivity index (χ2v) is 2.48. The van der Waals surface area contributed by atoms with Gasteiger partial charge in [0.1, 0.15) is 0 Å². The molecule has 0 saturated carbocycles. The second-order valence-electron chi connectivity index (χ2n) is 2.48. The van der Waals surface area contributed by atoms with Gasteiger partial charge in [0.2, 0.25) is 0 Å². The van der Waals surface area contributed by atoms with Gasteiger partial charge in [0, 0.05) is 0 Å². The van der Waals surface area contributed by atoms with Gasteiger partial charge >= 0.3 is 0 Å². The molecule has 1 aromatic carbocycles. The zero-order valence-electron chi connectivity index (χ0n) is 6.82. The van der Waals surface area contributed by atoms with Crippen molar-refractivity contribution in [1.29, 1.82) is 0 Å². The van der Waals surface area contributed by atoms with E-state index in [2.05, 4.69) is 0 Å². The highest BCUT2D eigenvalue weighted by Gasteiger charge is 2.06. The molecule has 4 heteroatoms. The highest BCUT2D eigenvalue weighted by Crippen LogP contribution is 2.28. The first-order chi connectivity index (χ1) is 5.61. The van der Waals surface area contributed by atoms with Gasteiger partial charge in [0.25, 0.3) is 0 Å². The number of nitrogen functional groups attached to an aromatic ring is 2. The molecule has 1 aromatic rings. The lowest BCUT2D eigenvalue weighted by atomic mass is 10.2. The fourth-order valence-corrected chi connectivity index (χ4v) is 0.880. The van der Waals surface area contributed by atoms with E-state index in [0.717, 1.165) is 0 Å². The number of anilines is 2. The molecular formula is C8H12N2O2. The van der Waals surface area contributed by atoms with Crippen molar-refractivity contribution in [3.8, 4) is 5.75 Å². The molecule has 0 fully saturated rings. The van der Waals surface area contributed by atoms with Crippen LogP contribution >= 0.6 is 0 Å². The normalized spacial score (nSPS) is 12.5. The molecular weight excluding hydrogens is 156 g/mol. The molecule has 1 atom stereocenters. The topological polar surface area (TPSA) is 81.5 Å². The van der Waals surface area contributed by atoms with Gasteiger partial charge in [-0.25, -0.2) is 0 Å². The molecule has 0 aliphatic rings. The average Bonchev–Trinajstić information content (AvgIpc) is 1.97. The maximum atomic E-state index is 8.92. The number of hydrogen-bond acceptors (Lipinski definition) is 4. The van der Waals surface area contributed by atoms with Crippen LogP contribution in [0.25, 0.3) is 0 Å². The molecule has 12 heavy (non-hydrogen) atoms. The minimum atomic E-state index is -0.906. The van der Waals surface area contributed by atoms with Crippen molar-refractivity contribution < 1.29 is 9.84 Å². The van der Waals surface area contributed by atoms with Gasteiger partial charge in [-0.3, -0.25) is 0 Å². The minimum Gasteiger partial charge on any atom is -0.461 e. The average molecular weight is 168 g/mol. The molecule has 66 valence electrons. The molecule has 0 bridgehead atoms. The van der Waals surface area contributed by atoms with Crippen LogP contribution in [0.2, 0.25) is 0 Å². The van der Waals surface area contributed by atoms with Gasteiger partial charge in [-0.1, -0.05) is 6.07 Å². The third-order valence-corrected chi connectivity index (χ3v) is 1.36. The van der Waals surface area contributed by atoms with Gasteiger partial charge in [-0.15, -0.1) is 0 Å². The molecule has 1 unspecified atom stereocenters. The van der Waals surface area contributed by atoms with Crippen LogP contribution in [-0.2, 0) is 0 Å². The number of benzene rings is 1. The summed E-state index contributed by atoms with van der Waals surface area (Å²) in [5, 5.41) is 8.92. The Labute approximate surface area is 70.7 Å². The minimum absolute atomic E-state index is 0.340. The Morgan fingerprint density at radius 1 is 1.33 bits per heavy atom. The van der Waals surface area contributed by atoms with Crippen molar-refractivity contribution >= 4 is 11.4 Å². The fourth-order valence-electron chi connectivity index (χ4n) is 0.880. The Kier molecular flexibility index (Phi) is 2.40. The van der Waals surface area contributed by atoms with Crippen molar-refractivity contribution in [3.05, 3.63) is 18.2 Å². The monoisotopic (exact) mass is 168 g/mol. The quantitative estimate of drug-likeness (QED) is 0.445. The van der Waals surface area contributed by atoms with Crippen LogP contribution in [0.1, 0.15) is 6.92 Å². The number of aliphatic hydroxyl groups is 1. The van der Waals surface area contributed by atoms with Crippen molar-refractivity contribution in [2.75, 3.05) is 11.5 Å². The fraction of sp³-hybridized carbons (Fsp3) is 0.250. The van der Waals surface area contributed by atoms with E-state index < -0.39 is 6.29 Å². The zero-order chi connectivity index (χ0) is 9.14. The molecule has 4 nitrogen and oxygen atoms in total. The summed E-state index contributed by atoms with van der Waals surface area (Å²) >= 11 is 0. The number of ether oxygens (including phenoxy) is 1. The third kappa shape index (κ3) is 1.79. The summed E-state index contributed by atoms with van der Waals surface area (Å²) in [5.41, 5.74) is 12.0.